The van der Waals surface area contributed by atoms with E-state index >= 15 is 0 Å². The van der Waals surface area contributed by atoms with E-state index in [0.29, 0.717) is 0 Å². The van der Waals surface area contributed by atoms with Crippen LogP contribution in [0.2, 0.25) is 0 Å². The molecule has 0 fully saturated rings. The van der Waals surface area contributed by atoms with Gasteiger partial charge in [0.25, 0.3) is 0 Å². The second kappa shape index (κ2) is 4.79. The molecule has 4 heteroatoms. The number of aromatic nitrogens is 2. The van der Waals surface area contributed by atoms with Crippen LogP contribution in [0.5, 0.6) is 0 Å². The van der Waals surface area contributed by atoms with Crippen molar-refractivity contribution in [2.75, 3.05) is 6.54 Å². The fourth-order valence-electron chi connectivity index (χ4n) is 1.47. The molecule has 0 saturated carbocycles. The Bertz CT molecular complexity index is 392. The molecule has 0 radical (unpaired) electrons. The third-order valence-corrected chi connectivity index (χ3v) is 2.25. The minimum atomic E-state index is 0.792. The minimum absolute atomic E-state index is 0.792. The highest BCUT2D eigenvalue weighted by Gasteiger charge is 1.99. The van der Waals surface area contributed by atoms with E-state index in [2.05, 4.69) is 22.4 Å². The van der Waals surface area contributed by atoms with E-state index in [9.17, 15) is 0 Å². The predicted molar refractivity (Wildman–Crippen MR) is 56.0 cm³/mol. The van der Waals surface area contributed by atoms with E-state index in [1.54, 1.807) is 6.26 Å². The Morgan fingerprint density at radius 3 is 3.13 bits per heavy atom. The highest BCUT2D eigenvalue weighted by atomic mass is 16.3. The summed E-state index contributed by atoms with van der Waals surface area (Å²) in [5.41, 5.74) is 0. The molecule has 0 amide bonds. The monoisotopic (exact) mass is 206 g/mol. The molecule has 15 heavy (non-hydrogen) atoms. The first-order chi connectivity index (χ1) is 7.34. The second-order valence-corrected chi connectivity index (χ2v) is 3.57. The van der Waals surface area contributed by atoms with Crippen LogP contribution in [0.25, 0.3) is 0 Å². The number of nitrogens with one attached hydrogen (secondary N) is 1. The zero-order chi connectivity index (χ0) is 10.5. The van der Waals surface area contributed by atoms with Crippen LogP contribution < -0.4 is 9.88 Å². The minimum Gasteiger partial charge on any atom is -0.468 e. The van der Waals surface area contributed by atoms with Crippen molar-refractivity contribution in [2.24, 2.45) is 7.05 Å². The number of nitrogens with zero attached hydrogens (tertiary/aromatic N) is 2. The molecule has 2 rings (SSSR count). The van der Waals surface area contributed by atoms with E-state index in [-0.39, 0.29) is 0 Å². The molecule has 0 spiro atoms. The number of rotatable bonds is 5. The lowest BCUT2D eigenvalue weighted by Gasteiger charge is -1.99. The Hall–Kier alpha value is -1.55. The highest BCUT2D eigenvalue weighted by molar-refractivity contribution is 4.97. The normalized spacial score (nSPS) is 10.7. The zero-order valence-electron chi connectivity index (χ0n) is 8.89. The van der Waals surface area contributed by atoms with Gasteiger partial charge in [0.05, 0.1) is 19.9 Å². The van der Waals surface area contributed by atoms with Crippen molar-refractivity contribution in [2.45, 2.75) is 13.1 Å². The molecule has 1 N–H and O–H groups in total. The lowest BCUT2D eigenvalue weighted by Crippen LogP contribution is -2.25. The standard InChI is InChI=1S/C11H16N3O/c1-13-6-7-14(10-13)5-4-12-9-11-3-2-8-15-11/h2-3,6-8,10,12H,4-5,9H2,1H3/q+1. The van der Waals surface area contributed by atoms with Crippen molar-refractivity contribution in [3.8, 4) is 0 Å². The summed E-state index contributed by atoms with van der Waals surface area (Å²) in [6.07, 6.45) is 7.86. The molecule has 2 aromatic rings. The predicted octanol–water partition coefficient (Wildman–Crippen LogP) is 0.695. The molecule has 4 nitrogen and oxygen atoms in total. The number of imidazole rings is 1. The van der Waals surface area contributed by atoms with E-state index < -0.39 is 0 Å². The summed E-state index contributed by atoms with van der Waals surface area (Å²) in [4.78, 5) is 0. The van der Waals surface area contributed by atoms with Crippen molar-refractivity contribution in [3.05, 3.63) is 42.9 Å². The SMILES string of the molecule is C[n+]1ccn(CCNCc2ccco2)c1. The Kier molecular flexibility index (Phi) is 3.19. The van der Waals surface area contributed by atoms with Gasteiger partial charge in [0.1, 0.15) is 24.7 Å². The maximum Gasteiger partial charge on any atom is 0.243 e. The average molecular weight is 206 g/mol. The Labute approximate surface area is 89.1 Å². The first-order valence-corrected chi connectivity index (χ1v) is 5.09. The zero-order valence-corrected chi connectivity index (χ0v) is 8.89. The number of furan rings is 1. The highest BCUT2D eigenvalue weighted by Crippen LogP contribution is 1.97. The van der Waals surface area contributed by atoms with Gasteiger partial charge in [-0.3, -0.25) is 0 Å². The molecule has 0 atom stereocenters. The van der Waals surface area contributed by atoms with Gasteiger partial charge in [-0.25, -0.2) is 9.13 Å². The molecule has 2 aromatic heterocycles. The topological polar surface area (TPSA) is 34.0 Å². The lowest BCUT2D eigenvalue weighted by atomic mass is 10.4. The fourth-order valence-corrected chi connectivity index (χ4v) is 1.47. The summed E-state index contributed by atoms with van der Waals surface area (Å²) in [6.45, 7) is 2.71. The van der Waals surface area contributed by atoms with Crippen LogP contribution in [0.15, 0.2) is 41.5 Å². The van der Waals surface area contributed by atoms with E-state index in [0.717, 1.165) is 25.4 Å². The summed E-state index contributed by atoms with van der Waals surface area (Å²) >= 11 is 0. The van der Waals surface area contributed by atoms with E-state index in [1.165, 1.54) is 0 Å². The molecule has 0 aliphatic heterocycles. The maximum atomic E-state index is 5.22. The largest absolute Gasteiger partial charge is 0.468 e. The van der Waals surface area contributed by atoms with Gasteiger partial charge in [-0.2, -0.15) is 0 Å². The first-order valence-electron chi connectivity index (χ1n) is 5.09. The van der Waals surface area contributed by atoms with Gasteiger partial charge in [-0.15, -0.1) is 0 Å². The molecule has 0 aromatic carbocycles. The first kappa shape index (κ1) is 9.98. The van der Waals surface area contributed by atoms with Gasteiger partial charge in [0.2, 0.25) is 6.33 Å². The smallest absolute Gasteiger partial charge is 0.243 e. The molecule has 0 unspecified atom stereocenters. The van der Waals surface area contributed by atoms with E-state index in [1.807, 2.05) is 29.9 Å². The molecule has 0 aliphatic carbocycles. The van der Waals surface area contributed by atoms with Crippen molar-refractivity contribution in [1.82, 2.24) is 9.88 Å². The van der Waals surface area contributed by atoms with Crippen LogP contribution in [-0.2, 0) is 20.1 Å². The van der Waals surface area contributed by atoms with Gasteiger partial charge in [0.15, 0.2) is 0 Å². The van der Waals surface area contributed by atoms with E-state index in [4.69, 9.17) is 4.42 Å². The third kappa shape index (κ3) is 2.95. The van der Waals surface area contributed by atoms with Gasteiger partial charge in [-0.05, 0) is 12.1 Å². The number of hydrogen-bond donors (Lipinski definition) is 1. The van der Waals surface area contributed by atoms with Crippen molar-refractivity contribution >= 4 is 0 Å². The Morgan fingerprint density at radius 2 is 2.47 bits per heavy atom. The summed E-state index contributed by atoms with van der Waals surface area (Å²) in [6, 6.07) is 3.88. The number of hydrogen-bond acceptors (Lipinski definition) is 2. The summed E-state index contributed by atoms with van der Waals surface area (Å²) in [5.74, 6) is 0.980. The molecule has 0 saturated heterocycles. The summed E-state index contributed by atoms with van der Waals surface area (Å²) in [5, 5.41) is 3.32. The van der Waals surface area contributed by atoms with Gasteiger partial charge >= 0.3 is 0 Å². The van der Waals surface area contributed by atoms with Crippen LogP contribution in [-0.4, -0.2) is 11.1 Å². The van der Waals surface area contributed by atoms with Crippen molar-refractivity contribution in [1.29, 1.82) is 0 Å². The van der Waals surface area contributed by atoms with Crippen LogP contribution in [0, 0.1) is 0 Å². The van der Waals surface area contributed by atoms with Crippen molar-refractivity contribution in [3.63, 3.8) is 0 Å². The second-order valence-electron chi connectivity index (χ2n) is 3.57. The van der Waals surface area contributed by atoms with Gasteiger partial charge in [0, 0.05) is 6.54 Å². The third-order valence-electron chi connectivity index (χ3n) is 2.25. The maximum absolute atomic E-state index is 5.22. The van der Waals surface area contributed by atoms with Gasteiger partial charge in [-0.1, -0.05) is 0 Å². The quantitative estimate of drug-likeness (QED) is 0.577. The van der Waals surface area contributed by atoms with Crippen LogP contribution >= 0.6 is 0 Å². The Balaban J connectivity index is 1.67. The molecular formula is C11H16N3O+. The molecule has 0 bridgehead atoms. The van der Waals surface area contributed by atoms with Crippen LogP contribution in [0.3, 0.4) is 0 Å². The fraction of sp³-hybridized carbons (Fsp3) is 0.364. The molecule has 80 valence electrons. The number of aryl methyl sites for hydroxylation is 1. The van der Waals surface area contributed by atoms with Crippen LogP contribution in [0.4, 0.5) is 0 Å². The molecule has 2 heterocycles. The molecule has 0 aliphatic rings. The summed E-state index contributed by atoms with van der Waals surface area (Å²) in [7, 11) is 2.02. The molecular weight excluding hydrogens is 190 g/mol. The average Bonchev–Trinajstić information content (AvgIpc) is 2.84. The Morgan fingerprint density at radius 1 is 1.53 bits per heavy atom. The van der Waals surface area contributed by atoms with Crippen LogP contribution in [0.1, 0.15) is 5.76 Å². The lowest BCUT2D eigenvalue weighted by molar-refractivity contribution is -0.671. The van der Waals surface area contributed by atoms with Gasteiger partial charge < -0.3 is 9.73 Å². The van der Waals surface area contributed by atoms with Crippen molar-refractivity contribution < 1.29 is 8.98 Å². The summed E-state index contributed by atoms with van der Waals surface area (Å²) < 4.78 is 9.40.